The Morgan fingerprint density at radius 3 is 1.18 bits per heavy atom. The van der Waals surface area contributed by atoms with Crippen LogP contribution in [0.15, 0.2) is 110 Å². The van der Waals surface area contributed by atoms with Crippen molar-refractivity contribution in [2.75, 3.05) is 0 Å². The molecule has 0 fully saturated rings. The van der Waals surface area contributed by atoms with Crippen molar-refractivity contribution in [2.45, 2.75) is 13.8 Å². The minimum absolute atomic E-state index is 1.16. The van der Waals surface area contributed by atoms with Gasteiger partial charge in [0.25, 0.3) is 0 Å². The van der Waals surface area contributed by atoms with Gasteiger partial charge in [0.05, 0.1) is 0 Å². The van der Waals surface area contributed by atoms with E-state index in [1.807, 2.05) is 26.0 Å². The van der Waals surface area contributed by atoms with Crippen molar-refractivity contribution in [3.63, 3.8) is 0 Å². The summed E-state index contributed by atoms with van der Waals surface area (Å²) in [5.41, 5.74) is 4.81. The highest BCUT2D eigenvalue weighted by atomic mass is 14.2. The second-order valence-corrected chi connectivity index (χ2v) is 6.56. The van der Waals surface area contributed by atoms with Crippen molar-refractivity contribution in [3.8, 4) is 0 Å². The molecule has 0 heterocycles. The van der Waals surface area contributed by atoms with Crippen LogP contribution in [0.25, 0.3) is 32.7 Å². The maximum Gasteiger partial charge on any atom is -0.00265 e. The van der Waals surface area contributed by atoms with E-state index in [4.69, 9.17) is 0 Å². The molecule has 0 amide bonds. The molecule has 0 aromatic heterocycles. The lowest BCUT2D eigenvalue weighted by molar-refractivity contribution is 1.65. The number of benzene rings is 3. The fourth-order valence-electron chi connectivity index (χ4n) is 3.81. The first-order valence-electron chi connectivity index (χ1n) is 9.61. The molecule has 3 aromatic rings. The smallest absolute Gasteiger partial charge is 0.00265 e. The molecule has 0 saturated carbocycles. The highest BCUT2D eigenvalue weighted by molar-refractivity contribution is 6.17. The molecule has 138 valence electrons. The van der Waals surface area contributed by atoms with E-state index in [9.17, 15) is 0 Å². The molecule has 0 unspecified atom stereocenters. The number of hydrogen-bond acceptors (Lipinski definition) is 0. The highest BCUT2D eigenvalue weighted by Crippen LogP contribution is 2.40. The van der Waals surface area contributed by atoms with E-state index in [1.165, 1.54) is 32.7 Å². The van der Waals surface area contributed by atoms with E-state index in [0.717, 1.165) is 11.1 Å². The van der Waals surface area contributed by atoms with Crippen LogP contribution in [0.4, 0.5) is 0 Å². The van der Waals surface area contributed by atoms with Gasteiger partial charge in [0, 0.05) is 0 Å². The summed E-state index contributed by atoms with van der Waals surface area (Å²) in [4.78, 5) is 0. The van der Waals surface area contributed by atoms with Crippen LogP contribution in [0, 0.1) is 0 Å². The van der Waals surface area contributed by atoms with E-state index < -0.39 is 0 Å². The van der Waals surface area contributed by atoms with Gasteiger partial charge < -0.3 is 0 Å². The van der Waals surface area contributed by atoms with Crippen molar-refractivity contribution >= 4 is 32.7 Å². The summed E-state index contributed by atoms with van der Waals surface area (Å²) in [6.07, 6.45) is 16.3. The standard InChI is InChI=1S/C28H26/c1-5-13-21(14-6-2)27-23-17-9-11-19-25(23)28(22(15-7-3)16-8-4)26-20-12-10-18-24(26)27/h5-20H,1,3H2,2,4H3/b14-6-,16-8-,21-13+,22-15+. The Morgan fingerprint density at radius 2 is 0.929 bits per heavy atom. The quantitative estimate of drug-likeness (QED) is 0.306. The number of fused-ring (bicyclic) bond motifs is 2. The Bertz CT molecular complexity index is 998. The van der Waals surface area contributed by atoms with Crippen LogP contribution in [0.2, 0.25) is 0 Å². The summed E-state index contributed by atoms with van der Waals surface area (Å²) in [5.74, 6) is 0. The summed E-state index contributed by atoms with van der Waals surface area (Å²) in [6, 6.07) is 17.3. The average Bonchev–Trinajstić information content (AvgIpc) is 2.72. The molecule has 0 aliphatic heterocycles. The van der Waals surface area contributed by atoms with Gasteiger partial charge in [0.2, 0.25) is 0 Å². The minimum Gasteiger partial charge on any atom is -0.0990 e. The lowest BCUT2D eigenvalue weighted by Gasteiger charge is -2.18. The molecular formula is C28H26. The van der Waals surface area contributed by atoms with Gasteiger partial charge >= 0.3 is 0 Å². The molecule has 0 aliphatic rings. The Balaban J connectivity index is 2.60. The molecule has 0 bridgehead atoms. The predicted octanol–water partition coefficient (Wildman–Crippen LogP) is 8.28. The highest BCUT2D eigenvalue weighted by Gasteiger charge is 2.16. The third kappa shape index (κ3) is 3.54. The van der Waals surface area contributed by atoms with Crippen LogP contribution in [0.1, 0.15) is 25.0 Å². The molecule has 0 radical (unpaired) electrons. The largest absolute Gasteiger partial charge is 0.0990 e. The Kier molecular flexibility index (Phi) is 6.24. The van der Waals surface area contributed by atoms with Gasteiger partial charge in [-0.1, -0.05) is 110 Å². The van der Waals surface area contributed by atoms with E-state index in [2.05, 4.69) is 98.1 Å². The van der Waals surface area contributed by atoms with Crippen molar-refractivity contribution < 1.29 is 0 Å². The zero-order valence-electron chi connectivity index (χ0n) is 16.7. The maximum atomic E-state index is 3.92. The van der Waals surface area contributed by atoms with Crippen molar-refractivity contribution in [1.82, 2.24) is 0 Å². The van der Waals surface area contributed by atoms with Crippen LogP contribution in [-0.4, -0.2) is 0 Å². The van der Waals surface area contributed by atoms with Crippen LogP contribution in [-0.2, 0) is 0 Å². The van der Waals surface area contributed by atoms with Gasteiger partial charge in [-0.3, -0.25) is 0 Å². The fourth-order valence-corrected chi connectivity index (χ4v) is 3.81. The zero-order valence-corrected chi connectivity index (χ0v) is 16.7. The van der Waals surface area contributed by atoms with Crippen LogP contribution < -0.4 is 0 Å². The van der Waals surface area contributed by atoms with Crippen LogP contribution in [0.3, 0.4) is 0 Å². The molecule has 0 N–H and O–H groups in total. The lowest BCUT2D eigenvalue weighted by atomic mass is 9.85. The number of hydrogen-bond donors (Lipinski definition) is 0. The van der Waals surface area contributed by atoms with Crippen LogP contribution in [0.5, 0.6) is 0 Å². The minimum atomic E-state index is 1.16. The molecule has 28 heavy (non-hydrogen) atoms. The van der Waals surface area contributed by atoms with Gasteiger partial charge in [0.1, 0.15) is 0 Å². The van der Waals surface area contributed by atoms with Gasteiger partial charge in [0.15, 0.2) is 0 Å². The van der Waals surface area contributed by atoms with Crippen molar-refractivity contribution in [1.29, 1.82) is 0 Å². The average molecular weight is 363 g/mol. The molecule has 0 aliphatic carbocycles. The van der Waals surface area contributed by atoms with E-state index >= 15 is 0 Å². The van der Waals surface area contributed by atoms with E-state index in [0.29, 0.717) is 0 Å². The van der Waals surface area contributed by atoms with Crippen LogP contribution >= 0.6 is 0 Å². The van der Waals surface area contributed by atoms with Gasteiger partial charge in [-0.15, -0.1) is 0 Å². The van der Waals surface area contributed by atoms with Crippen molar-refractivity contribution in [2.24, 2.45) is 0 Å². The molecule has 3 aromatic carbocycles. The first kappa shape index (κ1) is 19.4. The molecule has 0 heteroatoms. The topological polar surface area (TPSA) is 0 Å². The van der Waals surface area contributed by atoms with Gasteiger partial charge in [-0.05, 0) is 57.7 Å². The Hall–Kier alpha value is -3.38. The lowest BCUT2D eigenvalue weighted by Crippen LogP contribution is -1.94. The molecule has 0 atom stereocenters. The maximum absolute atomic E-state index is 3.92. The Morgan fingerprint density at radius 1 is 0.607 bits per heavy atom. The first-order valence-corrected chi connectivity index (χ1v) is 9.61. The van der Waals surface area contributed by atoms with E-state index in [1.54, 1.807) is 0 Å². The number of allylic oxidation sites excluding steroid dienone is 10. The Labute approximate surface area is 168 Å². The second-order valence-electron chi connectivity index (χ2n) is 6.56. The summed E-state index contributed by atoms with van der Waals surface area (Å²) in [7, 11) is 0. The number of rotatable bonds is 6. The molecule has 0 saturated heterocycles. The summed E-state index contributed by atoms with van der Waals surface area (Å²) < 4.78 is 0. The summed E-state index contributed by atoms with van der Waals surface area (Å²) in [6.45, 7) is 11.9. The molecule has 3 rings (SSSR count). The van der Waals surface area contributed by atoms with E-state index in [-0.39, 0.29) is 0 Å². The normalized spacial score (nSPS) is 13.1. The second kappa shape index (κ2) is 9.01. The summed E-state index contributed by atoms with van der Waals surface area (Å²) >= 11 is 0. The predicted molar refractivity (Wildman–Crippen MR) is 127 cm³/mol. The van der Waals surface area contributed by atoms with Crippen molar-refractivity contribution in [3.05, 3.63) is 121 Å². The van der Waals surface area contributed by atoms with Gasteiger partial charge in [-0.2, -0.15) is 0 Å². The molecule has 0 spiro atoms. The van der Waals surface area contributed by atoms with Gasteiger partial charge in [-0.25, -0.2) is 0 Å². The monoisotopic (exact) mass is 362 g/mol. The summed E-state index contributed by atoms with van der Waals surface area (Å²) in [5, 5.41) is 4.95. The zero-order chi connectivity index (χ0) is 19.9. The first-order chi connectivity index (χ1) is 13.8. The SMILES string of the molecule is C=C/C=C(\C=C/C)c1c2ccccc2c(C(/C=C\C)=C/C=C)c2ccccc12. The molecular weight excluding hydrogens is 336 g/mol. The third-order valence-electron chi connectivity index (χ3n) is 4.80. The molecule has 0 nitrogen and oxygen atoms in total. The third-order valence-corrected chi connectivity index (χ3v) is 4.80. The fraction of sp³-hybridized carbons (Fsp3) is 0.0714.